The van der Waals surface area contributed by atoms with Crippen molar-refractivity contribution in [3.05, 3.63) is 29.3 Å². The number of hydrogen-bond donors (Lipinski definition) is 1. The number of pyridine rings is 1. The molecule has 0 radical (unpaired) electrons. The Morgan fingerprint density at radius 3 is 2.74 bits per heavy atom. The van der Waals surface area contributed by atoms with Crippen molar-refractivity contribution >= 4 is 12.2 Å². The Morgan fingerprint density at radius 1 is 1.37 bits per heavy atom. The molecule has 1 aliphatic rings. The standard InChI is InChI=1S/C14H18N4S/c1-2-5-14(6-7-14)10-18-12(16-17-13(18)19)11-3-8-15-9-4-11/h3-4,8-9H,2,5-7,10H2,1H3,(H,17,19). The number of hydrogen-bond acceptors (Lipinski definition) is 3. The van der Waals surface area contributed by atoms with Gasteiger partial charge in [0.15, 0.2) is 10.6 Å². The van der Waals surface area contributed by atoms with E-state index in [1.54, 1.807) is 12.4 Å². The van der Waals surface area contributed by atoms with E-state index in [0.717, 1.165) is 17.9 Å². The molecule has 5 heteroatoms. The van der Waals surface area contributed by atoms with Gasteiger partial charge in [0.2, 0.25) is 0 Å². The molecule has 0 spiro atoms. The zero-order chi connectivity index (χ0) is 13.3. The minimum atomic E-state index is 0.457. The first-order valence-electron chi connectivity index (χ1n) is 6.80. The van der Waals surface area contributed by atoms with Crippen molar-refractivity contribution in [1.29, 1.82) is 0 Å². The summed E-state index contributed by atoms with van der Waals surface area (Å²) in [6.45, 7) is 3.23. The first kappa shape index (κ1) is 12.5. The maximum absolute atomic E-state index is 5.38. The summed E-state index contributed by atoms with van der Waals surface area (Å²) in [5, 5.41) is 7.30. The summed E-state index contributed by atoms with van der Waals surface area (Å²) >= 11 is 5.38. The van der Waals surface area contributed by atoms with Crippen molar-refractivity contribution in [3.63, 3.8) is 0 Å². The highest BCUT2D eigenvalue weighted by molar-refractivity contribution is 7.71. The number of nitrogens with one attached hydrogen (secondary N) is 1. The van der Waals surface area contributed by atoms with Crippen molar-refractivity contribution in [3.8, 4) is 11.4 Å². The van der Waals surface area contributed by atoms with Crippen LogP contribution in [-0.2, 0) is 6.54 Å². The van der Waals surface area contributed by atoms with Crippen LogP contribution in [0.2, 0.25) is 0 Å². The molecule has 1 N–H and O–H groups in total. The van der Waals surface area contributed by atoms with Crippen LogP contribution in [0.15, 0.2) is 24.5 Å². The van der Waals surface area contributed by atoms with Gasteiger partial charge in [-0.25, -0.2) is 0 Å². The van der Waals surface area contributed by atoms with Gasteiger partial charge in [0.05, 0.1) is 0 Å². The Bertz CT molecular complexity index is 610. The van der Waals surface area contributed by atoms with E-state index < -0.39 is 0 Å². The van der Waals surface area contributed by atoms with Gasteiger partial charge in [0.25, 0.3) is 0 Å². The molecular formula is C14H18N4S. The van der Waals surface area contributed by atoms with Gasteiger partial charge in [-0.1, -0.05) is 13.3 Å². The Balaban J connectivity index is 1.94. The molecule has 19 heavy (non-hydrogen) atoms. The Morgan fingerprint density at radius 2 is 2.11 bits per heavy atom. The van der Waals surface area contributed by atoms with Crippen molar-refractivity contribution < 1.29 is 0 Å². The van der Waals surface area contributed by atoms with Gasteiger partial charge in [-0.15, -0.1) is 0 Å². The minimum absolute atomic E-state index is 0.457. The zero-order valence-electron chi connectivity index (χ0n) is 11.1. The number of aromatic amines is 1. The third kappa shape index (κ3) is 2.47. The summed E-state index contributed by atoms with van der Waals surface area (Å²) in [5.41, 5.74) is 1.52. The van der Waals surface area contributed by atoms with Crippen LogP contribution < -0.4 is 0 Å². The number of H-pyrrole nitrogens is 1. The summed E-state index contributed by atoms with van der Waals surface area (Å²) in [6, 6.07) is 3.95. The molecule has 2 aromatic heterocycles. The first-order chi connectivity index (χ1) is 9.24. The summed E-state index contributed by atoms with van der Waals surface area (Å²) in [7, 11) is 0. The predicted molar refractivity (Wildman–Crippen MR) is 77.2 cm³/mol. The zero-order valence-corrected chi connectivity index (χ0v) is 11.9. The van der Waals surface area contributed by atoms with Crippen LogP contribution in [0.5, 0.6) is 0 Å². The van der Waals surface area contributed by atoms with Crippen molar-refractivity contribution in [2.75, 3.05) is 0 Å². The third-order valence-corrected chi connectivity index (χ3v) is 4.24. The highest BCUT2D eigenvalue weighted by Crippen LogP contribution is 2.51. The topological polar surface area (TPSA) is 46.5 Å². The smallest absolute Gasteiger partial charge is 0.195 e. The second kappa shape index (κ2) is 4.89. The monoisotopic (exact) mass is 274 g/mol. The summed E-state index contributed by atoms with van der Waals surface area (Å²) in [5.74, 6) is 0.926. The van der Waals surface area contributed by atoms with Gasteiger partial charge < -0.3 is 0 Å². The lowest BCUT2D eigenvalue weighted by molar-refractivity contribution is 0.387. The molecule has 0 bridgehead atoms. The van der Waals surface area contributed by atoms with Crippen LogP contribution in [0.25, 0.3) is 11.4 Å². The molecule has 4 nitrogen and oxygen atoms in total. The predicted octanol–water partition coefficient (Wildman–Crippen LogP) is 3.58. The van der Waals surface area contributed by atoms with E-state index in [0.29, 0.717) is 10.2 Å². The second-order valence-electron chi connectivity index (χ2n) is 5.42. The average molecular weight is 274 g/mol. The molecule has 0 aliphatic heterocycles. The number of aromatic nitrogens is 4. The van der Waals surface area contributed by atoms with E-state index in [1.807, 2.05) is 12.1 Å². The molecule has 100 valence electrons. The fraction of sp³-hybridized carbons (Fsp3) is 0.500. The second-order valence-corrected chi connectivity index (χ2v) is 5.81. The van der Waals surface area contributed by atoms with Crippen LogP contribution in [0, 0.1) is 10.2 Å². The van der Waals surface area contributed by atoms with E-state index >= 15 is 0 Å². The van der Waals surface area contributed by atoms with Gasteiger partial charge in [-0.3, -0.25) is 14.6 Å². The minimum Gasteiger partial charge on any atom is -0.300 e. The maximum Gasteiger partial charge on any atom is 0.195 e. The lowest BCUT2D eigenvalue weighted by Gasteiger charge is -2.16. The maximum atomic E-state index is 5.38. The summed E-state index contributed by atoms with van der Waals surface area (Å²) < 4.78 is 2.86. The van der Waals surface area contributed by atoms with Gasteiger partial charge >= 0.3 is 0 Å². The lowest BCUT2D eigenvalue weighted by atomic mass is 10.0. The molecule has 1 aliphatic carbocycles. The summed E-state index contributed by atoms with van der Waals surface area (Å²) in [6.07, 6.45) is 8.70. The van der Waals surface area contributed by atoms with Crippen LogP contribution in [0.3, 0.4) is 0 Å². The van der Waals surface area contributed by atoms with Crippen LogP contribution in [0.1, 0.15) is 32.6 Å². The molecule has 0 aromatic carbocycles. The quantitative estimate of drug-likeness (QED) is 0.848. The van der Waals surface area contributed by atoms with Crippen molar-refractivity contribution in [1.82, 2.24) is 19.7 Å². The molecule has 0 atom stereocenters. The van der Waals surface area contributed by atoms with E-state index in [2.05, 4.69) is 26.7 Å². The lowest BCUT2D eigenvalue weighted by Crippen LogP contribution is -2.13. The van der Waals surface area contributed by atoms with E-state index in [1.165, 1.54) is 25.7 Å². The highest BCUT2D eigenvalue weighted by Gasteiger charge is 2.42. The molecule has 1 fully saturated rings. The SMILES string of the molecule is CCCC1(Cn2c(-c3ccncc3)n[nH]c2=S)CC1. The first-order valence-corrected chi connectivity index (χ1v) is 7.20. The van der Waals surface area contributed by atoms with Crippen LogP contribution >= 0.6 is 12.2 Å². The van der Waals surface area contributed by atoms with Crippen molar-refractivity contribution in [2.45, 2.75) is 39.2 Å². The third-order valence-electron chi connectivity index (χ3n) is 3.93. The average Bonchev–Trinajstić information content (AvgIpc) is 3.09. The van der Waals surface area contributed by atoms with Gasteiger partial charge in [0, 0.05) is 24.5 Å². The molecule has 3 rings (SSSR count). The van der Waals surface area contributed by atoms with E-state index in [-0.39, 0.29) is 0 Å². The normalized spacial score (nSPS) is 16.5. The van der Waals surface area contributed by atoms with Gasteiger partial charge in [0.1, 0.15) is 0 Å². The fourth-order valence-corrected chi connectivity index (χ4v) is 2.91. The Labute approximate surface area is 117 Å². The molecule has 1 saturated carbocycles. The van der Waals surface area contributed by atoms with Gasteiger partial charge in [-0.2, -0.15) is 5.10 Å². The largest absolute Gasteiger partial charge is 0.300 e. The van der Waals surface area contributed by atoms with Crippen LogP contribution in [0.4, 0.5) is 0 Å². The summed E-state index contributed by atoms with van der Waals surface area (Å²) in [4.78, 5) is 4.05. The van der Waals surface area contributed by atoms with E-state index in [9.17, 15) is 0 Å². The van der Waals surface area contributed by atoms with Gasteiger partial charge in [-0.05, 0) is 49.0 Å². The number of rotatable bonds is 5. The highest BCUT2D eigenvalue weighted by atomic mass is 32.1. The Hall–Kier alpha value is -1.49. The molecule has 0 amide bonds. The fourth-order valence-electron chi connectivity index (χ4n) is 2.72. The van der Waals surface area contributed by atoms with E-state index in [4.69, 9.17) is 12.2 Å². The molecule has 2 aromatic rings. The molecule has 2 heterocycles. The Kier molecular flexibility index (Phi) is 3.22. The van der Waals surface area contributed by atoms with Crippen molar-refractivity contribution in [2.24, 2.45) is 5.41 Å². The molecule has 0 unspecified atom stereocenters. The van der Waals surface area contributed by atoms with Crippen LogP contribution in [-0.4, -0.2) is 19.7 Å². The molecule has 0 saturated heterocycles. The molecular weight excluding hydrogens is 256 g/mol. The number of nitrogens with zero attached hydrogens (tertiary/aromatic N) is 3.